The molecule has 2 N–H and O–H groups in total. The Kier molecular flexibility index (Phi) is 5.10. The molecule has 0 radical (unpaired) electrons. The lowest BCUT2D eigenvalue weighted by Crippen LogP contribution is -2.19. The maximum atomic E-state index is 14.2. The van der Waals surface area contributed by atoms with E-state index in [1.165, 1.54) is 21.7 Å². The molecule has 0 saturated heterocycles. The summed E-state index contributed by atoms with van der Waals surface area (Å²) in [5.41, 5.74) is 7.56. The Bertz CT molecular complexity index is 1340. The number of hydrogen-bond acceptors (Lipinski definition) is 5. The summed E-state index contributed by atoms with van der Waals surface area (Å²) in [6, 6.07) is 7.85. The lowest BCUT2D eigenvalue weighted by molar-refractivity contribution is 0.0374. The second-order valence-electron chi connectivity index (χ2n) is 7.34. The number of ether oxygens (including phenoxy) is 1. The van der Waals surface area contributed by atoms with Crippen LogP contribution in [0.25, 0.3) is 22.0 Å². The molecule has 4 aromatic rings. The van der Waals surface area contributed by atoms with E-state index in [0.717, 1.165) is 12.1 Å². The van der Waals surface area contributed by atoms with Gasteiger partial charge in [-0.2, -0.15) is 0 Å². The van der Waals surface area contributed by atoms with Crippen LogP contribution in [0.2, 0.25) is 0 Å². The molecule has 9 heteroatoms. The van der Waals surface area contributed by atoms with Gasteiger partial charge in [0.1, 0.15) is 23.2 Å². The van der Waals surface area contributed by atoms with Gasteiger partial charge in [0.2, 0.25) is 0 Å². The predicted molar refractivity (Wildman–Crippen MR) is 113 cm³/mol. The van der Waals surface area contributed by atoms with Crippen molar-refractivity contribution in [2.75, 3.05) is 5.73 Å². The van der Waals surface area contributed by atoms with E-state index in [2.05, 4.69) is 5.10 Å². The fraction of sp³-hybridized carbons (Fsp3) is 0.182. The first-order chi connectivity index (χ1) is 14.7. The highest BCUT2D eigenvalue weighted by Crippen LogP contribution is 2.38. The van der Waals surface area contributed by atoms with Crippen LogP contribution in [0, 0.1) is 11.6 Å². The Morgan fingerprint density at radius 2 is 1.77 bits per heavy atom. The first-order valence-electron chi connectivity index (χ1n) is 9.52. The van der Waals surface area contributed by atoms with Gasteiger partial charge in [-0.1, -0.05) is 0 Å². The van der Waals surface area contributed by atoms with Crippen LogP contribution in [0.15, 0.2) is 53.6 Å². The highest BCUT2D eigenvalue weighted by Gasteiger charge is 2.19. The number of benzene rings is 2. The Hall–Kier alpha value is -3.88. The topological polar surface area (TPSA) is 84.3 Å². The largest absolute Gasteiger partial charge is 0.454 e. The van der Waals surface area contributed by atoms with Crippen molar-refractivity contribution in [3.8, 4) is 22.6 Å². The van der Waals surface area contributed by atoms with Crippen LogP contribution < -0.4 is 20.9 Å². The van der Waals surface area contributed by atoms with Crippen LogP contribution in [0.3, 0.4) is 0 Å². The maximum Gasteiger partial charge on any atom is 0.261 e. The van der Waals surface area contributed by atoms with E-state index >= 15 is 0 Å². The van der Waals surface area contributed by atoms with Gasteiger partial charge in [-0.3, -0.25) is 4.79 Å². The van der Waals surface area contributed by atoms with Gasteiger partial charge in [-0.15, -0.1) is 9.94 Å². The van der Waals surface area contributed by atoms with Gasteiger partial charge in [0.05, 0.1) is 11.6 Å². The lowest BCUT2D eigenvalue weighted by atomic mass is 10.0. The molecule has 0 aliphatic heterocycles. The Labute approximate surface area is 176 Å². The summed E-state index contributed by atoms with van der Waals surface area (Å²) in [5, 5.41) is 4.73. The van der Waals surface area contributed by atoms with Crippen molar-refractivity contribution in [1.29, 1.82) is 0 Å². The normalized spacial score (nSPS) is 11.3. The number of hydrogen-bond donors (Lipinski definition) is 1. The highest BCUT2D eigenvalue weighted by atomic mass is 19.1. The molecular formula is C22H20F2N4O3. The van der Waals surface area contributed by atoms with E-state index in [-0.39, 0.29) is 23.2 Å². The Morgan fingerprint density at radius 3 is 2.48 bits per heavy atom. The molecule has 0 aliphatic rings. The van der Waals surface area contributed by atoms with Crippen molar-refractivity contribution in [3.05, 3.63) is 70.8 Å². The van der Waals surface area contributed by atoms with Gasteiger partial charge in [-0.25, -0.2) is 8.78 Å². The van der Waals surface area contributed by atoms with E-state index in [1.807, 2.05) is 13.8 Å². The molecule has 2 heterocycles. The zero-order valence-electron chi connectivity index (χ0n) is 17.1. The molecule has 31 heavy (non-hydrogen) atoms. The summed E-state index contributed by atoms with van der Waals surface area (Å²) in [5.74, 6) is -1.44. The highest BCUT2D eigenvalue weighted by molar-refractivity contribution is 5.94. The van der Waals surface area contributed by atoms with Crippen molar-refractivity contribution in [2.45, 2.75) is 20.0 Å². The number of aryl methyl sites for hydroxylation is 1. The minimum Gasteiger partial charge on any atom is -0.454 e. The zero-order chi connectivity index (χ0) is 22.3. The molecule has 7 nitrogen and oxygen atoms in total. The van der Waals surface area contributed by atoms with E-state index in [0.29, 0.717) is 27.7 Å². The van der Waals surface area contributed by atoms with Crippen molar-refractivity contribution in [2.24, 2.45) is 7.05 Å². The molecule has 0 fully saturated rings. The zero-order valence-corrected chi connectivity index (χ0v) is 17.1. The number of nitrogens with zero attached hydrogens (tertiary/aromatic N) is 3. The summed E-state index contributed by atoms with van der Waals surface area (Å²) in [6.07, 6.45) is 2.95. The summed E-state index contributed by atoms with van der Waals surface area (Å²) in [7, 11) is 1.61. The van der Waals surface area contributed by atoms with Gasteiger partial charge >= 0.3 is 0 Å². The van der Waals surface area contributed by atoms with E-state index in [9.17, 15) is 13.6 Å². The molecule has 0 aliphatic carbocycles. The standard InChI is InChI=1S/C22H20F2N4O3/c1-12(2)31-28-11-17-21(26-28)16(10-27(3)22(17)29)15-9-14(25)5-7-19(15)30-20-6-4-13(23)8-18(20)24/h4-12H,25H2,1-3H3. The number of fused-ring (bicyclic) bond motifs is 1. The van der Waals surface area contributed by atoms with E-state index in [1.54, 1.807) is 31.4 Å². The number of anilines is 1. The van der Waals surface area contributed by atoms with Crippen molar-refractivity contribution < 1.29 is 18.4 Å². The minimum atomic E-state index is -0.844. The molecule has 160 valence electrons. The number of nitrogens with two attached hydrogens (primary N) is 1. The van der Waals surface area contributed by atoms with Gasteiger partial charge in [-0.05, 0) is 44.2 Å². The number of aromatic nitrogens is 3. The molecule has 0 amide bonds. The fourth-order valence-corrected chi connectivity index (χ4v) is 3.20. The molecule has 0 spiro atoms. The predicted octanol–water partition coefficient (Wildman–Crippen LogP) is 3.89. The van der Waals surface area contributed by atoms with Crippen molar-refractivity contribution in [3.63, 3.8) is 0 Å². The third-order valence-electron chi connectivity index (χ3n) is 4.55. The second-order valence-corrected chi connectivity index (χ2v) is 7.34. The van der Waals surface area contributed by atoms with Crippen molar-refractivity contribution in [1.82, 2.24) is 14.5 Å². The van der Waals surface area contributed by atoms with Gasteiger partial charge < -0.3 is 19.9 Å². The van der Waals surface area contributed by atoms with Crippen LogP contribution in [0.1, 0.15) is 13.8 Å². The van der Waals surface area contributed by atoms with Crippen LogP contribution in [0.4, 0.5) is 14.5 Å². The molecule has 0 bridgehead atoms. The maximum absolute atomic E-state index is 14.2. The molecule has 4 rings (SSSR count). The smallest absolute Gasteiger partial charge is 0.261 e. The minimum absolute atomic E-state index is 0.151. The summed E-state index contributed by atoms with van der Waals surface area (Å²) in [4.78, 5) is 19.5. The first-order valence-corrected chi connectivity index (χ1v) is 9.52. The lowest BCUT2D eigenvalue weighted by Gasteiger charge is -2.14. The second kappa shape index (κ2) is 7.75. The number of pyridine rings is 1. The van der Waals surface area contributed by atoms with Crippen molar-refractivity contribution >= 4 is 16.6 Å². The van der Waals surface area contributed by atoms with Gasteiger partial charge in [0.25, 0.3) is 5.56 Å². The van der Waals surface area contributed by atoms with Crippen LogP contribution in [0.5, 0.6) is 11.5 Å². The van der Waals surface area contributed by atoms with E-state index in [4.69, 9.17) is 15.3 Å². The summed E-state index contributed by atoms with van der Waals surface area (Å²) < 4.78 is 34.6. The number of halogens is 2. The van der Waals surface area contributed by atoms with E-state index < -0.39 is 11.6 Å². The molecular weight excluding hydrogens is 406 g/mol. The quantitative estimate of drug-likeness (QED) is 0.490. The van der Waals surface area contributed by atoms with Gasteiger partial charge in [0, 0.05) is 36.1 Å². The van der Waals surface area contributed by atoms with Gasteiger partial charge in [0.15, 0.2) is 11.6 Å². The first kappa shape index (κ1) is 20.4. The summed E-state index contributed by atoms with van der Waals surface area (Å²) in [6.45, 7) is 3.68. The van der Waals surface area contributed by atoms with Crippen LogP contribution >= 0.6 is 0 Å². The SMILES string of the molecule is CC(C)On1cc2c(=O)n(C)cc(-c3cc(N)ccc3Oc3ccc(F)cc3F)c2n1. The Balaban J connectivity index is 1.91. The third kappa shape index (κ3) is 3.94. The number of rotatable bonds is 5. The molecule has 0 unspecified atom stereocenters. The number of nitrogen functional groups attached to an aromatic ring is 1. The Morgan fingerprint density at radius 1 is 1.03 bits per heavy atom. The molecule has 2 aromatic heterocycles. The molecule has 2 aromatic carbocycles. The average molecular weight is 426 g/mol. The average Bonchev–Trinajstić information content (AvgIpc) is 3.11. The third-order valence-corrected chi connectivity index (χ3v) is 4.55. The molecule has 0 atom stereocenters. The summed E-state index contributed by atoms with van der Waals surface area (Å²) >= 11 is 0. The monoisotopic (exact) mass is 426 g/mol. The van der Waals surface area contributed by atoms with Crippen LogP contribution in [-0.2, 0) is 7.05 Å². The fourth-order valence-electron chi connectivity index (χ4n) is 3.20. The molecule has 0 saturated carbocycles. The van der Waals surface area contributed by atoms with Crippen LogP contribution in [-0.4, -0.2) is 20.6 Å².